The first-order valence-electron chi connectivity index (χ1n) is 6.30. The molecule has 19 heavy (non-hydrogen) atoms. The van der Waals surface area contributed by atoms with E-state index in [2.05, 4.69) is 15.3 Å². The molecule has 0 amide bonds. The number of H-pyrrole nitrogens is 1. The molecule has 1 saturated heterocycles. The smallest absolute Gasteiger partial charge is 0.343 e. The SMILES string of the molecule is FC(F)(F)c1cnc2[nH]c(C3CCNCC3)cc2c1. The minimum Gasteiger partial charge on any atom is -0.343 e. The van der Waals surface area contributed by atoms with Gasteiger partial charge < -0.3 is 10.3 Å². The summed E-state index contributed by atoms with van der Waals surface area (Å²) in [5.41, 5.74) is 0.820. The van der Waals surface area contributed by atoms with Crippen LogP contribution in [0.3, 0.4) is 0 Å². The molecule has 0 atom stereocenters. The summed E-state index contributed by atoms with van der Waals surface area (Å²) in [6.45, 7) is 1.89. The van der Waals surface area contributed by atoms with Crippen LogP contribution in [0.25, 0.3) is 11.0 Å². The van der Waals surface area contributed by atoms with Gasteiger partial charge >= 0.3 is 6.18 Å². The first kappa shape index (κ1) is 12.5. The Bertz CT molecular complexity index is 582. The van der Waals surface area contributed by atoms with Gasteiger partial charge in [0.1, 0.15) is 5.65 Å². The van der Waals surface area contributed by atoms with E-state index in [-0.39, 0.29) is 0 Å². The molecule has 102 valence electrons. The van der Waals surface area contributed by atoms with Gasteiger partial charge in [0.2, 0.25) is 0 Å². The van der Waals surface area contributed by atoms with Gasteiger partial charge in [0, 0.05) is 23.2 Å². The molecule has 1 aliphatic heterocycles. The van der Waals surface area contributed by atoms with Gasteiger partial charge in [-0.15, -0.1) is 0 Å². The lowest BCUT2D eigenvalue weighted by molar-refractivity contribution is -0.137. The highest BCUT2D eigenvalue weighted by Gasteiger charge is 2.31. The molecule has 0 unspecified atom stereocenters. The van der Waals surface area contributed by atoms with Crippen molar-refractivity contribution in [3.05, 3.63) is 29.6 Å². The van der Waals surface area contributed by atoms with Crippen LogP contribution in [0.1, 0.15) is 30.0 Å². The Morgan fingerprint density at radius 2 is 1.89 bits per heavy atom. The summed E-state index contributed by atoms with van der Waals surface area (Å²) < 4.78 is 37.9. The van der Waals surface area contributed by atoms with E-state index in [0.29, 0.717) is 17.0 Å². The number of nitrogens with one attached hydrogen (secondary N) is 2. The quantitative estimate of drug-likeness (QED) is 0.835. The zero-order valence-electron chi connectivity index (χ0n) is 10.2. The second-order valence-electron chi connectivity index (χ2n) is 4.91. The maximum absolute atomic E-state index is 12.6. The molecule has 3 rings (SSSR count). The summed E-state index contributed by atoms with van der Waals surface area (Å²) in [6, 6.07) is 2.96. The van der Waals surface area contributed by atoms with Crippen LogP contribution in [0.5, 0.6) is 0 Å². The number of alkyl halides is 3. The van der Waals surface area contributed by atoms with Crippen LogP contribution in [0.4, 0.5) is 13.2 Å². The Hall–Kier alpha value is -1.56. The van der Waals surface area contributed by atoms with Crippen molar-refractivity contribution < 1.29 is 13.2 Å². The third-order valence-corrected chi connectivity index (χ3v) is 3.60. The average Bonchev–Trinajstić information content (AvgIpc) is 2.81. The fourth-order valence-corrected chi connectivity index (χ4v) is 2.54. The van der Waals surface area contributed by atoms with E-state index in [1.807, 2.05) is 0 Å². The molecule has 2 aromatic rings. The maximum atomic E-state index is 12.6. The molecule has 6 heteroatoms. The number of pyridine rings is 1. The zero-order chi connectivity index (χ0) is 13.5. The molecule has 0 bridgehead atoms. The largest absolute Gasteiger partial charge is 0.417 e. The predicted octanol–water partition coefficient (Wildman–Crippen LogP) is 3.05. The van der Waals surface area contributed by atoms with Crippen LogP contribution >= 0.6 is 0 Å². The third-order valence-electron chi connectivity index (χ3n) is 3.60. The van der Waals surface area contributed by atoms with Crippen LogP contribution in [0.15, 0.2) is 18.3 Å². The van der Waals surface area contributed by atoms with E-state index in [1.54, 1.807) is 6.07 Å². The third kappa shape index (κ3) is 2.45. The van der Waals surface area contributed by atoms with Gasteiger partial charge in [0.05, 0.1) is 5.56 Å². The van der Waals surface area contributed by atoms with Gasteiger partial charge in [-0.05, 0) is 38.1 Å². The minimum absolute atomic E-state index is 0.379. The van der Waals surface area contributed by atoms with Crippen molar-refractivity contribution in [3.8, 4) is 0 Å². The van der Waals surface area contributed by atoms with Crippen molar-refractivity contribution in [2.75, 3.05) is 13.1 Å². The normalized spacial score (nSPS) is 18.1. The molecule has 2 aromatic heterocycles. The van der Waals surface area contributed by atoms with Gasteiger partial charge in [-0.3, -0.25) is 0 Å². The first-order chi connectivity index (χ1) is 9.04. The van der Waals surface area contributed by atoms with Crippen molar-refractivity contribution >= 4 is 11.0 Å². The molecule has 2 N–H and O–H groups in total. The summed E-state index contributed by atoms with van der Waals surface area (Å²) in [7, 11) is 0. The molecule has 1 fully saturated rings. The Labute approximate surface area is 108 Å². The Morgan fingerprint density at radius 1 is 1.16 bits per heavy atom. The second kappa shape index (κ2) is 4.52. The molecule has 3 nitrogen and oxygen atoms in total. The van der Waals surface area contributed by atoms with Crippen molar-refractivity contribution in [1.82, 2.24) is 15.3 Å². The van der Waals surface area contributed by atoms with Crippen LogP contribution in [0, 0.1) is 0 Å². The van der Waals surface area contributed by atoms with E-state index < -0.39 is 11.7 Å². The minimum atomic E-state index is -4.34. The molecular formula is C13H14F3N3. The van der Waals surface area contributed by atoms with Crippen molar-refractivity contribution in [1.29, 1.82) is 0 Å². The summed E-state index contributed by atoms with van der Waals surface area (Å²) >= 11 is 0. The van der Waals surface area contributed by atoms with E-state index >= 15 is 0 Å². The monoisotopic (exact) mass is 269 g/mol. The van der Waals surface area contributed by atoms with Gasteiger partial charge in [-0.1, -0.05) is 0 Å². The van der Waals surface area contributed by atoms with Crippen molar-refractivity contribution in [2.24, 2.45) is 0 Å². The van der Waals surface area contributed by atoms with Gasteiger partial charge in [0.15, 0.2) is 0 Å². The van der Waals surface area contributed by atoms with E-state index in [9.17, 15) is 13.2 Å². The lowest BCUT2D eigenvalue weighted by Gasteiger charge is -2.21. The highest BCUT2D eigenvalue weighted by Crippen LogP contribution is 2.32. The summed E-state index contributed by atoms with van der Waals surface area (Å²) in [5, 5.41) is 3.80. The van der Waals surface area contributed by atoms with Crippen LogP contribution in [0.2, 0.25) is 0 Å². The number of hydrogen-bond donors (Lipinski definition) is 2. The molecule has 3 heterocycles. The molecule has 0 saturated carbocycles. The standard InChI is InChI=1S/C13H14F3N3/c14-13(15,16)10-5-9-6-11(19-12(9)18-7-10)8-1-3-17-4-2-8/h5-8,17H,1-4H2,(H,18,19). The van der Waals surface area contributed by atoms with Crippen molar-refractivity contribution in [2.45, 2.75) is 24.9 Å². The second-order valence-corrected chi connectivity index (χ2v) is 4.91. The highest BCUT2D eigenvalue weighted by atomic mass is 19.4. The number of rotatable bonds is 1. The number of aromatic nitrogens is 2. The molecule has 1 aliphatic rings. The maximum Gasteiger partial charge on any atom is 0.417 e. The van der Waals surface area contributed by atoms with Crippen molar-refractivity contribution in [3.63, 3.8) is 0 Å². The molecule has 0 spiro atoms. The summed E-state index contributed by atoms with van der Waals surface area (Å²) in [6.07, 6.45) is -1.46. The zero-order valence-corrected chi connectivity index (χ0v) is 10.2. The fourth-order valence-electron chi connectivity index (χ4n) is 2.54. The van der Waals surface area contributed by atoms with Crippen LogP contribution in [-0.2, 0) is 6.18 Å². The number of hydrogen-bond acceptors (Lipinski definition) is 2. The number of piperidine rings is 1. The molecule has 0 aliphatic carbocycles. The first-order valence-corrected chi connectivity index (χ1v) is 6.30. The molecular weight excluding hydrogens is 255 g/mol. The molecule has 0 aromatic carbocycles. The van der Waals surface area contributed by atoms with Gasteiger partial charge in [-0.2, -0.15) is 13.2 Å². The number of nitrogens with zero attached hydrogens (tertiary/aromatic N) is 1. The lowest BCUT2D eigenvalue weighted by atomic mass is 9.95. The number of aromatic amines is 1. The van der Waals surface area contributed by atoms with Gasteiger partial charge in [0.25, 0.3) is 0 Å². The van der Waals surface area contributed by atoms with E-state index in [0.717, 1.165) is 43.9 Å². The van der Waals surface area contributed by atoms with E-state index in [4.69, 9.17) is 0 Å². The summed E-state index contributed by atoms with van der Waals surface area (Å²) in [5.74, 6) is 0.379. The Morgan fingerprint density at radius 3 is 2.58 bits per heavy atom. The molecule has 0 radical (unpaired) electrons. The van der Waals surface area contributed by atoms with Gasteiger partial charge in [-0.25, -0.2) is 4.98 Å². The summed E-state index contributed by atoms with van der Waals surface area (Å²) in [4.78, 5) is 7.01. The van der Waals surface area contributed by atoms with E-state index in [1.165, 1.54) is 0 Å². The number of halogens is 3. The van der Waals surface area contributed by atoms with Crippen LogP contribution < -0.4 is 5.32 Å². The fraction of sp³-hybridized carbons (Fsp3) is 0.462. The Balaban J connectivity index is 1.96. The Kier molecular flexibility index (Phi) is 2.97. The number of fused-ring (bicyclic) bond motifs is 1. The average molecular weight is 269 g/mol. The predicted molar refractivity (Wildman–Crippen MR) is 65.9 cm³/mol. The topological polar surface area (TPSA) is 40.7 Å². The lowest BCUT2D eigenvalue weighted by Crippen LogP contribution is -2.26. The van der Waals surface area contributed by atoms with Crippen LogP contribution in [-0.4, -0.2) is 23.1 Å². The highest BCUT2D eigenvalue weighted by molar-refractivity contribution is 5.77.